The Morgan fingerprint density at radius 2 is 2.75 bits per heavy atom. The second-order valence-corrected chi connectivity index (χ2v) is 1.14. The maximum absolute atomic E-state index is 12.7. The van der Waals surface area contributed by atoms with Crippen LogP contribution in [0.15, 0.2) is 18.3 Å². The van der Waals surface area contributed by atoms with Crippen molar-refractivity contribution in [2.45, 2.75) is 6.85 Å². The van der Waals surface area contributed by atoms with Crippen LogP contribution in [0, 0.1) is 12.8 Å². The molecule has 0 saturated heterocycles. The number of nitrogens with zero attached hydrogens (tertiary/aromatic N) is 1. The van der Waals surface area contributed by atoms with Crippen LogP contribution in [0.4, 0.5) is 4.39 Å². The molecule has 0 atom stereocenters. The lowest BCUT2D eigenvalue weighted by Crippen LogP contribution is -1.79. The van der Waals surface area contributed by atoms with Crippen molar-refractivity contribution in [3.05, 3.63) is 29.8 Å². The Kier molecular flexibility index (Phi) is 0.364. The third-order valence-electron chi connectivity index (χ3n) is 0.557. The predicted molar refractivity (Wildman–Crippen MR) is 28.9 cm³/mol. The van der Waals surface area contributed by atoms with Gasteiger partial charge in [-0.15, -0.1) is 0 Å². The Bertz CT molecular complexity index is 374. The molecule has 0 N–H and O–H groups in total. The lowest BCUT2D eigenvalue weighted by atomic mass is 10.3. The summed E-state index contributed by atoms with van der Waals surface area (Å²) in [5.74, 6) is -1.30. The van der Waals surface area contributed by atoms with Gasteiger partial charge in [0.25, 0.3) is 0 Å². The fraction of sp³-hybridized carbons (Fsp3) is 0.167. The summed E-state index contributed by atoms with van der Waals surface area (Å²) in [4.78, 5) is 2.93. The number of hydrogen-bond donors (Lipinski definition) is 0. The minimum Gasteiger partial charge on any atom is -0.228 e. The molecule has 0 fully saturated rings. The van der Waals surface area contributed by atoms with Gasteiger partial charge in [0, 0.05) is 10.3 Å². The van der Waals surface area contributed by atoms with Gasteiger partial charge in [0.1, 0.15) is 0 Å². The summed E-state index contributed by atoms with van der Waals surface area (Å²) >= 11 is 0. The van der Waals surface area contributed by atoms with E-state index in [0.29, 0.717) is 0 Å². The van der Waals surface area contributed by atoms with E-state index in [-0.39, 0.29) is 0 Å². The van der Waals surface area contributed by atoms with Gasteiger partial charge in [-0.2, -0.15) is 4.39 Å². The molecule has 1 rings (SSSR count). The van der Waals surface area contributed by atoms with Gasteiger partial charge in [-0.05, 0) is 18.5 Å². The first-order valence-electron chi connectivity index (χ1n) is 4.89. The summed E-state index contributed by atoms with van der Waals surface area (Å²) in [6.45, 7) is -2.72. The van der Waals surface area contributed by atoms with E-state index in [9.17, 15) is 4.39 Å². The maximum atomic E-state index is 12.7. The number of halogens is 1. The van der Waals surface area contributed by atoms with Gasteiger partial charge < -0.3 is 0 Å². The molecule has 2 heteroatoms. The highest BCUT2D eigenvalue weighted by Gasteiger charge is 1.85. The van der Waals surface area contributed by atoms with E-state index in [1.54, 1.807) is 0 Å². The summed E-state index contributed by atoms with van der Waals surface area (Å²) in [6.07, 6.45) is -0.816. The highest BCUT2D eigenvalue weighted by molar-refractivity contribution is 5.05. The molecule has 0 aliphatic rings. The highest BCUT2D eigenvalue weighted by Crippen LogP contribution is 1.94. The molecule has 42 valence electrons. The zero-order chi connectivity index (χ0) is 11.1. The van der Waals surface area contributed by atoms with Crippen LogP contribution < -0.4 is 0 Å². The Morgan fingerprint density at radius 3 is 3.50 bits per heavy atom. The minimum absolute atomic E-state index is 0.691. The first-order valence-corrected chi connectivity index (χ1v) is 1.89. The van der Waals surface area contributed by atoms with Gasteiger partial charge in [0.05, 0.1) is 4.11 Å². The molecular formula is C6H6FN. The Morgan fingerprint density at radius 1 is 1.88 bits per heavy atom. The van der Waals surface area contributed by atoms with Crippen molar-refractivity contribution in [1.29, 1.82) is 0 Å². The normalized spacial score (nSPS) is 21.6. The second kappa shape index (κ2) is 1.90. The van der Waals surface area contributed by atoms with Crippen molar-refractivity contribution in [1.82, 2.24) is 4.98 Å². The highest BCUT2D eigenvalue weighted by atomic mass is 19.1. The molecule has 0 radical (unpaired) electrons. The number of hydrogen-bond acceptors (Lipinski definition) is 1. The van der Waals surface area contributed by atoms with Crippen LogP contribution in [0.5, 0.6) is 0 Å². The quantitative estimate of drug-likeness (QED) is 0.469. The Hall–Kier alpha value is -0.920. The Labute approximate surface area is 55.6 Å². The molecule has 8 heavy (non-hydrogen) atoms. The first-order chi connectivity index (χ1) is 6.25. The summed E-state index contributed by atoms with van der Waals surface area (Å²) in [5.41, 5.74) is -0.691. The average Bonchev–Trinajstić information content (AvgIpc) is 1.97. The first kappa shape index (κ1) is 1.53. The van der Waals surface area contributed by atoms with Crippen LogP contribution in [-0.4, -0.2) is 4.98 Å². The number of pyridine rings is 1. The molecule has 0 saturated carbocycles. The molecule has 0 aromatic carbocycles. The molecule has 1 heterocycles. The summed E-state index contributed by atoms with van der Waals surface area (Å²) in [6, 6.07) is -1.70. The molecule has 0 unspecified atom stereocenters. The van der Waals surface area contributed by atoms with Gasteiger partial charge >= 0.3 is 0 Å². The molecule has 1 aromatic rings. The molecule has 0 aliphatic carbocycles. The standard InChI is InChI=1S/C6H6FN/c1-5-2-3-6(7)8-4-5/h2-4H,1H3/i1D3,2D,3D,4D. The van der Waals surface area contributed by atoms with Crippen molar-refractivity contribution in [2.75, 3.05) is 0 Å². The van der Waals surface area contributed by atoms with E-state index in [1.165, 1.54) is 0 Å². The van der Waals surface area contributed by atoms with Gasteiger partial charge in [0.2, 0.25) is 5.95 Å². The topological polar surface area (TPSA) is 12.9 Å². The largest absolute Gasteiger partial charge is 0.228 e. The number of aromatic nitrogens is 1. The molecule has 0 spiro atoms. The van der Waals surface area contributed by atoms with Crippen molar-refractivity contribution in [3.8, 4) is 0 Å². The van der Waals surface area contributed by atoms with Crippen molar-refractivity contribution in [2.24, 2.45) is 0 Å². The number of rotatable bonds is 0. The van der Waals surface area contributed by atoms with Gasteiger partial charge in [-0.25, -0.2) is 4.98 Å². The molecule has 0 aliphatic heterocycles. The summed E-state index contributed by atoms with van der Waals surface area (Å²) in [5, 5.41) is 0. The van der Waals surface area contributed by atoms with Crippen LogP contribution >= 0.6 is 0 Å². The zero-order valence-electron chi connectivity index (χ0n) is 9.83. The van der Waals surface area contributed by atoms with Crippen LogP contribution in [0.25, 0.3) is 0 Å². The van der Waals surface area contributed by atoms with Crippen LogP contribution in [0.3, 0.4) is 0 Å². The van der Waals surface area contributed by atoms with Gasteiger partial charge in [-0.3, -0.25) is 0 Å². The van der Waals surface area contributed by atoms with E-state index in [2.05, 4.69) is 4.98 Å². The van der Waals surface area contributed by atoms with Gasteiger partial charge in [-0.1, -0.05) is 6.04 Å². The van der Waals surface area contributed by atoms with Crippen LogP contribution in [0.2, 0.25) is 0 Å². The maximum Gasteiger partial charge on any atom is 0.212 e. The van der Waals surface area contributed by atoms with Crippen molar-refractivity contribution in [3.63, 3.8) is 0 Å². The van der Waals surface area contributed by atoms with E-state index >= 15 is 0 Å². The smallest absolute Gasteiger partial charge is 0.212 e. The second-order valence-electron chi connectivity index (χ2n) is 1.14. The lowest BCUT2D eigenvalue weighted by Gasteiger charge is -1.86. The monoisotopic (exact) mass is 117 g/mol. The van der Waals surface area contributed by atoms with Crippen molar-refractivity contribution >= 4 is 0 Å². The third-order valence-corrected chi connectivity index (χ3v) is 0.557. The van der Waals surface area contributed by atoms with E-state index in [4.69, 9.17) is 8.22 Å². The molecule has 1 nitrogen and oxygen atoms in total. The SMILES string of the molecule is [2H]c1nc(F)c([2H])c([2H])c1C([2H])([2H])[2H]. The molecule has 0 amide bonds. The predicted octanol–water partition coefficient (Wildman–Crippen LogP) is 1.53. The van der Waals surface area contributed by atoms with E-state index in [1.807, 2.05) is 0 Å². The van der Waals surface area contributed by atoms with E-state index < -0.39 is 36.6 Å². The fourth-order valence-electron chi connectivity index (χ4n) is 0.275. The van der Waals surface area contributed by atoms with E-state index in [0.717, 1.165) is 0 Å². The summed E-state index contributed by atoms with van der Waals surface area (Å²) < 4.78 is 54.9. The lowest BCUT2D eigenvalue weighted by molar-refractivity contribution is 0.583. The van der Waals surface area contributed by atoms with Crippen LogP contribution in [-0.2, 0) is 0 Å². The Balaban J connectivity index is 3.53. The third kappa shape index (κ3) is 1.03. The fourth-order valence-corrected chi connectivity index (χ4v) is 0.275. The average molecular weight is 117 g/mol. The molecular weight excluding hydrogens is 105 g/mol. The zero-order valence-corrected chi connectivity index (χ0v) is 3.83. The van der Waals surface area contributed by atoms with Gasteiger partial charge in [0.15, 0.2) is 0 Å². The minimum atomic E-state index is -2.72. The van der Waals surface area contributed by atoms with Crippen LogP contribution in [0.1, 0.15) is 13.8 Å². The van der Waals surface area contributed by atoms with Crippen molar-refractivity contribution < 1.29 is 12.6 Å². The summed E-state index contributed by atoms with van der Waals surface area (Å²) in [7, 11) is 0. The molecule has 1 aromatic heterocycles. The molecule has 0 bridgehead atoms.